The highest BCUT2D eigenvalue weighted by molar-refractivity contribution is 7.89. The van der Waals surface area contributed by atoms with Crippen molar-refractivity contribution in [1.82, 2.24) is 4.72 Å². The highest BCUT2D eigenvalue weighted by Crippen LogP contribution is 2.27. The smallest absolute Gasteiger partial charge is 0.215 e. The van der Waals surface area contributed by atoms with Crippen LogP contribution < -0.4 is 4.72 Å². The van der Waals surface area contributed by atoms with E-state index in [1.807, 2.05) is 29.6 Å². The van der Waals surface area contributed by atoms with Crippen LogP contribution in [0, 0.1) is 0 Å². The normalized spacial score (nSPS) is 19.6. The maximum Gasteiger partial charge on any atom is 0.215 e. The highest BCUT2D eigenvalue weighted by atomic mass is 32.2. The summed E-state index contributed by atoms with van der Waals surface area (Å²) in [5.41, 5.74) is 2.21. The molecule has 0 radical (unpaired) electrons. The fourth-order valence-corrected chi connectivity index (χ4v) is 5.45. The molecule has 1 aromatic heterocycles. The van der Waals surface area contributed by atoms with Gasteiger partial charge in [-0.1, -0.05) is 37.3 Å². The maximum atomic E-state index is 12.7. The number of nitrogens with one attached hydrogen (secondary N) is 1. The van der Waals surface area contributed by atoms with E-state index in [0.717, 1.165) is 36.1 Å². The van der Waals surface area contributed by atoms with Crippen molar-refractivity contribution in [3.05, 3.63) is 57.8 Å². The second-order valence-corrected chi connectivity index (χ2v) is 9.21. The predicted octanol–water partition coefficient (Wildman–Crippen LogP) is 3.89. The van der Waals surface area contributed by atoms with E-state index in [2.05, 4.69) is 23.8 Å². The maximum absolute atomic E-state index is 12.7. The van der Waals surface area contributed by atoms with Gasteiger partial charge in [0.1, 0.15) is 0 Å². The first kappa shape index (κ1) is 18.6. The van der Waals surface area contributed by atoms with Crippen LogP contribution >= 0.6 is 11.3 Å². The van der Waals surface area contributed by atoms with Crippen molar-refractivity contribution in [3.8, 4) is 0 Å². The Morgan fingerprint density at radius 3 is 2.64 bits per heavy atom. The molecule has 4 nitrogen and oxygen atoms in total. The van der Waals surface area contributed by atoms with Crippen molar-refractivity contribution in [2.45, 2.75) is 44.8 Å². The third-order valence-electron chi connectivity index (χ3n) is 4.53. The highest BCUT2D eigenvalue weighted by Gasteiger charge is 2.26. The van der Waals surface area contributed by atoms with Crippen LogP contribution in [0.15, 0.2) is 41.8 Å². The SMILES string of the molecule is CCc1ccc(C(NS(=O)(=O)CC2CCCCO2)c2cccs2)cc1. The fraction of sp³-hybridized carbons (Fsp3) is 0.474. The summed E-state index contributed by atoms with van der Waals surface area (Å²) in [6.45, 7) is 2.77. The van der Waals surface area contributed by atoms with E-state index in [0.29, 0.717) is 6.61 Å². The topological polar surface area (TPSA) is 55.4 Å². The Kier molecular flexibility index (Phi) is 6.28. The summed E-state index contributed by atoms with van der Waals surface area (Å²) in [4.78, 5) is 0.998. The van der Waals surface area contributed by atoms with Gasteiger partial charge in [-0.15, -0.1) is 11.3 Å². The molecule has 0 aliphatic carbocycles. The number of hydrogen-bond donors (Lipinski definition) is 1. The van der Waals surface area contributed by atoms with E-state index < -0.39 is 10.0 Å². The zero-order valence-electron chi connectivity index (χ0n) is 14.5. The Labute approximate surface area is 154 Å². The third-order valence-corrected chi connectivity index (χ3v) is 6.87. The summed E-state index contributed by atoms with van der Waals surface area (Å²) < 4.78 is 33.9. The second kappa shape index (κ2) is 8.45. The van der Waals surface area contributed by atoms with E-state index in [-0.39, 0.29) is 17.9 Å². The first-order valence-corrected chi connectivity index (χ1v) is 11.3. The van der Waals surface area contributed by atoms with Crippen molar-refractivity contribution in [2.75, 3.05) is 12.4 Å². The number of benzene rings is 1. The van der Waals surface area contributed by atoms with Crippen LogP contribution in [0.25, 0.3) is 0 Å². The van der Waals surface area contributed by atoms with E-state index in [1.165, 1.54) is 5.56 Å². The first-order valence-electron chi connectivity index (χ1n) is 8.81. The molecular formula is C19H25NO3S2. The summed E-state index contributed by atoms with van der Waals surface area (Å²) in [7, 11) is -3.44. The Morgan fingerprint density at radius 1 is 1.24 bits per heavy atom. The van der Waals surface area contributed by atoms with Gasteiger partial charge >= 0.3 is 0 Å². The van der Waals surface area contributed by atoms with Gasteiger partial charge in [-0.3, -0.25) is 0 Å². The quantitative estimate of drug-likeness (QED) is 0.794. The van der Waals surface area contributed by atoms with Gasteiger partial charge in [0.15, 0.2) is 0 Å². The Balaban J connectivity index is 1.79. The van der Waals surface area contributed by atoms with Crippen LogP contribution in [0.3, 0.4) is 0 Å². The minimum atomic E-state index is -3.44. The molecule has 1 fully saturated rings. The number of rotatable bonds is 7. The Morgan fingerprint density at radius 2 is 2.04 bits per heavy atom. The van der Waals surface area contributed by atoms with Crippen LogP contribution in [0.2, 0.25) is 0 Å². The average Bonchev–Trinajstić information content (AvgIpc) is 3.15. The second-order valence-electron chi connectivity index (χ2n) is 6.43. The Hall–Kier alpha value is -1.21. The van der Waals surface area contributed by atoms with Crippen molar-refractivity contribution in [3.63, 3.8) is 0 Å². The molecule has 2 heterocycles. The van der Waals surface area contributed by atoms with Gasteiger partial charge < -0.3 is 4.74 Å². The molecule has 1 aliphatic heterocycles. The van der Waals surface area contributed by atoms with Gasteiger partial charge in [-0.05, 0) is 48.3 Å². The lowest BCUT2D eigenvalue weighted by molar-refractivity contribution is 0.0304. The summed E-state index contributed by atoms with van der Waals surface area (Å²) in [5.74, 6) is 0.0297. The van der Waals surface area contributed by atoms with Crippen LogP contribution in [0.1, 0.15) is 48.2 Å². The average molecular weight is 380 g/mol. The van der Waals surface area contributed by atoms with Crippen LogP contribution in [-0.4, -0.2) is 26.9 Å². The third kappa shape index (κ3) is 5.14. The van der Waals surface area contributed by atoms with Crippen molar-refractivity contribution >= 4 is 21.4 Å². The number of thiophene rings is 1. The van der Waals surface area contributed by atoms with Gasteiger partial charge in [0.05, 0.1) is 17.9 Å². The molecule has 1 N–H and O–H groups in total. The van der Waals surface area contributed by atoms with E-state index >= 15 is 0 Å². The molecular weight excluding hydrogens is 354 g/mol. The van der Waals surface area contributed by atoms with Crippen molar-refractivity contribution < 1.29 is 13.2 Å². The lowest BCUT2D eigenvalue weighted by Crippen LogP contribution is -2.37. The molecule has 1 aromatic carbocycles. The number of sulfonamides is 1. The standard InChI is InChI=1S/C19H25NO3S2/c1-2-15-8-10-16(11-9-15)19(18-7-5-13-24-18)20-25(21,22)14-17-6-3-4-12-23-17/h5,7-11,13,17,19-20H,2-4,6,12,14H2,1H3. The first-order chi connectivity index (χ1) is 12.1. The van der Waals surface area contributed by atoms with Gasteiger partial charge in [0, 0.05) is 11.5 Å². The molecule has 2 atom stereocenters. The van der Waals surface area contributed by atoms with Gasteiger partial charge in [-0.2, -0.15) is 0 Å². The summed E-state index contributed by atoms with van der Waals surface area (Å²) in [6.07, 6.45) is 3.64. The van der Waals surface area contributed by atoms with Crippen LogP contribution in [0.5, 0.6) is 0 Å². The molecule has 0 bridgehead atoms. The molecule has 136 valence electrons. The molecule has 25 heavy (non-hydrogen) atoms. The summed E-state index contributed by atoms with van der Waals surface area (Å²) >= 11 is 1.56. The monoisotopic (exact) mass is 379 g/mol. The van der Waals surface area contributed by atoms with Crippen LogP contribution in [0.4, 0.5) is 0 Å². The van der Waals surface area contributed by atoms with Crippen LogP contribution in [-0.2, 0) is 21.2 Å². The molecule has 2 unspecified atom stereocenters. The molecule has 0 saturated carbocycles. The summed E-state index contributed by atoms with van der Waals surface area (Å²) in [6, 6.07) is 11.7. The largest absolute Gasteiger partial charge is 0.377 e. The Bertz CT molecular complexity index is 748. The number of aryl methyl sites for hydroxylation is 1. The molecule has 3 rings (SSSR count). The zero-order valence-corrected chi connectivity index (χ0v) is 16.1. The summed E-state index contributed by atoms with van der Waals surface area (Å²) in [5, 5.41) is 1.97. The lowest BCUT2D eigenvalue weighted by Gasteiger charge is -2.24. The lowest BCUT2D eigenvalue weighted by atomic mass is 10.0. The van der Waals surface area contributed by atoms with E-state index in [9.17, 15) is 8.42 Å². The van der Waals surface area contributed by atoms with Crippen molar-refractivity contribution in [2.24, 2.45) is 0 Å². The number of ether oxygens (including phenoxy) is 1. The molecule has 0 amide bonds. The minimum absolute atomic E-state index is 0.0297. The zero-order chi connectivity index (χ0) is 17.7. The van der Waals surface area contributed by atoms with Gasteiger partial charge in [0.2, 0.25) is 10.0 Å². The molecule has 1 aliphatic rings. The molecule has 1 saturated heterocycles. The number of hydrogen-bond acceptors (Lipinski definition) is 4. The van der Waals surface area contributed by atoms with Gasteiger partial charge in [0.25, 0.3) is 0 Å². The van der Waals surface area contributed by atoms with E-state index in [4.69, 9.17) is 4.74 Å². The molecule has 6 heteroatoms. The minimum Gasteiger partial charge on any atom is -0.377 e. The van der Waals surface area contributed by atoms with Gasteiger partial charge in [-0.25, -0.2) is 13.1 Å². The predicted molar refractivity (Wildman–Crippen MR) is 102 cm³/mol. The van der Waals surface area contributed by atoms with E-state index in [1.54, 1.807) is 11.3 Å². The van der Waals surface area contributed by atoms with Crippen molar-refractivity contribution in [1.29, 1.82) is 0 Å². The molecule has 2 aromatic rings. The molecule has 0 spiro atoms. The fourth-order valence-electron chi connectivity index (χ4n) is 3.10.